The van der Waals surface area contributed by atoms with Gasteiger partial charge in [-0.3, -0.25) is 4.79 Å². The van der Waals surface area contributed by atoms with E-state index in [0.29, 0.717) is 11.8 Å². The molecular weight excluding hydrogens is 288 g/mol. The Bertz CT molecular complexity index is 537. The number of hydrogen-bond acceptors (Lipinski definition) is 3. The predicted octanol–water partition coefficient (Wildman–Crippen LogP) is 3.88. The lowest BCUT2D eigenvalue weighted by molar-refractivity contribution is -0.155. The van der Waals surface area contributed by atoms with E-state index in [1.165, 1.54) is 12.7 Å². The van der Waals surface area contributed by atoms with E-state index in [1.54, 1.807) is 0 Å². The highest BCUT2D eigenvalue weighted by molar-refractivity contribution is 5.73. The number of esters is 1. The molecule has 0 aromatic carbocycles. The molecule has 0 bridgehead atoms. The van der Waals surface area contributed by atoms with Gasteiger partial charge in [-0.25, -0.2) is 0 Å². The summed E-state index contributed by atoms with van der Waals surface area (Å²) in [6, 6.07) is 0. The van der Waals surface area contributed by atoms with Gasteiger partial charge in [-0.15, -0.1) is 6.58 Å². The Balaban J connectivity index is 1.95. The van der Waals surface area contributed by atoms with Crippen LogP contribution in [0.1, 0.15) is 52.4 Å². The second kappa shape index (κ2) is 5.77. The van der Waals surface area contributed by atoms with E-state index in [0.717, 1.165) is 38.5 Å². The number of hydrogen-bond donors (Lipinski definition) is 1. The van der Waals surface area contributed by atoms with Gasteiger partial charge >= 0.3 is 5.97 Å². The molecule has 0 aromatic rings. The van der Waals surface area contributed by atoms with Gasteiger partial charge in [-0.05, 0) is 49.4 Å². The summed E-state index contributed by atoms with van der Waals surface area (Å²) < 4.78 is 5.08. The van der Waals surface area contributed by atoms with Gasteiger partial charge in [0.2, 0.25) is 0 Å². The van der Waals surface area contributed by atoms with E-state index in [-0.39, 0.29) is 28.8 Å². The number of carbonyl (C=O) groups excluding carboxylic acids is 1. The molecular formula is C20H30O3. The Morgan fingerprint density at radius 2 is 2.17 bits per heavy atom. The van der Waals surface area contributed by atoms with Crippen LogP contribution in [0.15, 0.2) is 24.3 Å². The molecule has 0 aliphatic heterocycles. The van der Waals surface area contributed by atoms with Crippen molar-refractivity contribution in [1.82, 2.24) is 0 Å². The van der Waals surface area contributed by atoms with Crippen molar-refractivity contribution in [3.8, 4) is 0 Å². The molecule has 23 heavy (non-hydrogen) atoms. The van der Waals surface area contributed by atoms with E-state index in [2.05, 4.69) is 26.5 Å². The first-order valence-corrected chi connectivity index (χ1v) is 8.97. The van der Waals surface area contributed by atoms with Gasteiger partial charge in [-0.1, -0.05) is 38.0 Å². The Kier molecular flexibility index (Phi) is 4.20. The average Bonchev–Trinajstić information content (AvgIpc) is 2.54. The van der Waals surface area contributed by atoms with Crippen LogP contribution in [0.5, 0.6) is 0 Å². The van der Waals surface area contributed by atoms with Crippen LogP contribution in [0.2, 0.25) is 0 Å². The van der Waals surface area contributed by atoms with Crippen LogP contribution in [0.25, 0.3) is 0 Å². The summed E-state index contributed by atoms with van der Waals surface area (Å²) in [6.45, 7) is 8.33. The van der Waals surface area contributed by atoms with Crippen LogP contribution in [-0.4, -0.2) is 24.3 Å². The molecule has 6 atom stereocenters. The third kappa shape index (κ3) is 2.48. The van der Waals surface area contributed by atoms with E-state index < -0.39 is 0 Å². The summed E-state index contributed by atoms with van der Waals surface area (Å²) in [5, 5.41) is 10.7. The van der Waals surface area contributed by atoms with Crippen LogP contribution in [0.4, 0.5) is 0 Å². The molecule has 3 nitrogen and oxygen atoms in total. The predicted molar refractivity (Wildman–Crippen MR) is 90.7 cm³/mol. The zero-order chi connectivity index (χ0) is 16.8. The van der Waals surface area contributed by atoms with Gasteiger partial charge in [-0.2, -0.15) is 0 Å². The van der Waals surface area contributed by atoms with Crippen molar-refractivity contribution in [2.45, 2.75) is 58.5 Å². The largest absolute Gasteiger partial charge is 0.469 e. The quantitative estimate of drug-likeness (QED) is 0.621. The van der Waals surface area contributed by atoms with Crippen molar-refractivity contribution in [3.63, 3.8) is 0 Å². The summed E-state index contributed by atoms with van der Waals surface area (Å²) in [6.07, 6.45) is 9.81. The van der Waals surface area contributed by atoms with Crippen molar-refractivity contribution >= 4 is 5.97 Å². The normalized spacial score (nSPS) is 46.2. The number of aliphatic hydroxyl groups excluding tert-OH is 1. The number of aliphatic hydroxyl groups is 1. The molecule has 3 aliphatic carbocycles. The molecule has 0 heterocycles. The summed E-state index contributed by atoms with van der Waals surface area (Å²) in [4.78, 5) is 12.2. The highest BCUT2D eigenvalue weighted by Crippen LogP contribution is 2.60. The molecule has 2 saturated carbocycles. The summed E-state index contributed by atoms with van der Waals surface area (Å²) >= 11 is 0. The molecule has 0 spiro atoms. The van der Waals surface area contributed by atoms with Gasteiger partial charge in [0.15, 0.2) is 0 Å². The maximum Gasteiger partial charge on any atom is 0.308 e. The first kappa shape index (κ1) is 16.8. The van der Waals surface area contributed by atoms with E-state index >= 15 is 0 Å². The van der Waals surface area contributed by atoms with Crippen molar-refractivity contribution in [2.75, 3.05) is 7.11 Å². The minimum atomic E-state index is -0.386. The standard InChI is InChI=1S/C20H30O3/c1-5-19(2)12-13-8-9-15-14(18(22)23-4)7-6-10-20(15,3)16(13)11-17(19)21/h5,12,14-17,21H,1,6-11H2,2-4H3. The molecule has 6 unspecified atom stereocenters. The van der Waals surface area contributed by atoms with Crippen LogP contribution >= 0.6 is 0 Å². The molecule has 3 rings (SSSR count). The first-order valence-electron chi connectivity index (χ1n) is 8.97. The molecule has 2 fully saturated rings. The van der Waals surface area contributed by atoms with Crippen molar-refractivity contribution in [2.24, 2.45) is 28.6 Å². The fourth-order valence-electron chi connectivity index (χ4n) is 5.63. The lowest BCUT2D eigenvalue weighted by Gasteiger charge is -2.56. The lowest BCUT2D eigenvalue weighted by Crippen LogP contribution is -2.51. The topological polar surface area (TPSA) is 46.5 Å². The van der Waals surface area contributed by atoms with E-state index in [9.17, 15) is 9.90 Å². The van der Waals surface area contributed by atoms with Crippen molar-refractivity contribution in [1.29, 1.82) is 0 Å². The fraction of sp³-hybridized carbons (Fsp3) is 0.750. The van der Waals surface area contributed by atoms with Gasteiger partial charge in [0.05, 0.1) is 19.1 Å². The molecule has 0 amide bonds. The third-order valence-corrected chi connectivity index (χ3v) is 7.17. The summed E-state index contributed by atoms with van der Waals surface area (Å²) in [5.41, 5.74) is 1.26. The van der Waals surface area contributed by atoms with E-state index in [4.69, 9.17) is 4.74 Å². The number of methoxy groups -OCH3 is 1. The van der Waals surface area contributed by atoms with Crippen molar-refractivity contribution in [3.05, 3.63) is 24.3 Å². The van der Waals surface area contributed by atoms with Gasteiger partial charge in [0.1, 0.15) is 0 Å². The zero-order valence-corrected chi connectivity index (χ0v) is 14.7. The zero-order valence-electron chi connectivity index (χ0n) is 14.7. The fourth-order valence-corrected chi connectivity index (χ4v) is 5.63. The van der Waals surface area contributed by atoms with Crippen molar-refractivity contribution < 1.29 is 14.6 Å². The number of ether oxygens (including phenoxy) is 1. The lowest BCUT2D eigenvalue weighted by atomic mass is 9.48. The molecule has 128 valence electrons. The molecule has 3 heteroatoms. The third-order valence-electron chi connectivity index (χ3n) is 7.17. The Morgan fingerprint density at radius 1 is 1.43 bits per heavy atom. The Morgan fingerprint density at radius 3 is 2.83 bits per heavy atom. The first-order chi connectivity index (χ1) is 10.9. The number of carbonyl (C=O) groups is 1. The van der Waals surface area contributed by atoms with Gasteiger partial charge < -0.3 is 9.84 Å². The Hall–Kier alpha value is -1.09. The van der Waals surface area contributed by atoms with E-state index in [1.807, 2.05) is 6.08 Å². The molecule has 0 aromatic heterocycles. The Labute approximate surface area is 139 Å². The average molecular weight is 318 g/mol. The maximum absolute atomic E-state index is 12.2. The molecule has 0 saturated heterocycles. The summed E-state index contributed by atoms with van der Waals surface area (Å²) in [7, 11) is 1.50. The minimum absolute atomic E-state index is 0.0326. The minimum Gasteiger partial charge on any atom is -0.469 e. The van der Waals surface area contributed by atoms with Crippen LogP contribution in [0.3, 0.4) is 0 Å². The summed E-state index contributed by atoms with van der Waals surface area (Å²) in [5.74, 6) is 0.758. The SMILES string of the molecule is C=CC1(C)C=C2CCC3C(C(=O)OC)CCCC3(C)C2CC1O. The van der Waals surface area contributed by atoms with Gasteiger partial charge in [0.25, 0.3) is 0 Å². The van der Waals surface area contributed by atoms with Crippen LogP contribution < -0.4 is 0 Å². The highest BCUT2D eigenvalue weighted by Gasteiger charge is 2.54. The molecule has 1 N–H and O–H groups in total. The highest BCUT2D eigenvalue weighted by atomic mass is 16.5. The number of fused-ring (bicyclic) bond motifs is 3. The van der Waals surface area contributed by atoms with Crippen LogP contribution in [-0.2, 0) is 9.53 Å². The number of rotatable bonds is 2. The van der Waals surface area contributed by atoms with Gasteiger partial charge in [0, 0.05) is 5.41 Å². The number of allylic oxidation sites excluding steroid dienone is 1. The smallest absolute Gasteiger partial charge is 0.308 e. The second-order valence-electron chi connectivity index (χ2n) is 8.27. The molecule has 3 aliphatic rings. The molecule has 0 radical (unpaired) electrons. The van der Waals surface area contributed by atoms with Crippen LogP contribution in [0, 0.1) is 28.6 Å². The maximum atomic E-state index is 12.2. The second-order valence-corrected chi connectivity index (χ2v) is 8.27. The monoisotopic (exact) mass is 318 g/mol.